The van der Waals surface area contributed by atoms with Gasteiger partial charge in [-0.05, 0) is 0 Å². The van der Waals surface area contributed by atoms with Gasteiger partial charge in [0.2, 0.25) is 0 Å². The third-order valence-corrected chi connectivity index (χ3v) is 8.60. The van der Waals surface area contributed by atoms with Crippen molar-refractivity contribution in [2.45, 2.75) is 44.5 Å². The van der Waals surface area contributed by atoms with E-state index in [0.717, 1.165) is 17.5 Å². The Morgan fingerprint density at radius 1 is 1.13 bits per heavy atom. The summed E-state index contributed by atoms with van der Waals surface area (Å²) in [6.07, 6.45) is 3.43. The van der Waals surface area contributed by atoms with Crippen molar-refractivity contribution in [3.8, 4) is 11.3 Å². The minimum atomic E-state index is -1.93. The predicted octanol–water partition coefficient (Wildman–Crippen LogP) is 4.37. The fourth-order valence-corrected chi connectivity index (χ4v) is 6.76. The number of halogens is 1. The molecule has 0 aliphatic carbocycles. The van der Waals surface area contributed by atoms with E-state index in [1.54, 1.807) is 16.5 Å². The summed E-state index contributed by atoms with van der Waals surface area (Å²) in [5.74, 6) is 7.80. The van der Waals surface area contributed by atoms with Gasteiger partial charge < -0.3 is 0 Å². The zero-order valence-corrected chi connectivity index (χ0v) is 17.6. The van der Waals surface area contributed by atoms with E-state index in [1.165, 1.54) is 11.3 Å². The summed E-state index contributed by atoms with van der Waals surface area (Å²) in [5.41, 5.74) is 4.76. The van der Waals surface area contributed by atoms with Gasteiger partial charge in [0.15, 0.2) is 0 Å². The van der Waals surface area contributed by atoms with Crippen molar-refractivity contribution in [2.24, 2.45) is 13.0 Å². The molecule has 0 spiro atoms. The molecular weight excluding hydrogens is 346 g/mol. The van der Waals surface area contributed by atoms with Gasteiger partial charge in [-0.1, -0.05) is 0 Å². The topological polar surface area (TPSA) is 3.88 Å². The summed E-state index contributed by atoms with van der Waals surface area (Å²) < 4.78 is 17.2. The quantitative estimate of drug-likeness (QED) is 0.552. The molecule has 23 heavy (non-hydrogen) atoms. The molecule has 0 saturated heterocycles. The van der Waals surface area contributed by atoms with E-state index in [-0.39, 0.29) is 5.82 Å². The van der Waals surface area contributed by atoms with Crippen molar-refractivity contribution in [2.75, 3.05) is 0 Å². The first-order valence-electron chi connectivity index (χ1n) is 8.39. The molecule has 0 bridgehead atoms. The number of nitrogens with zero attached hydrogens (tertiary/aromatic N) is 1. The van der Waals surface area contributed by atoms with Gasteiger partial charge in [0, 0.05) is 0 Å². The normalized spacial score (nSPS) is 12.0. The van der Waals surface area contributed by atoms with Gasteiger partial charge in [0.25, 0.3) is 0 Å². The second-order valence-corrected chi connectivity index (χ2v) is 18.6. The number of aromatic nitrogens is 1. The summed E-state index contributed by atoms with van der Waals surface area (Å²) in [6.45, 7) is 6.53. The standard InChI is InChI=1S/C20H29FGeN/c1-14(2)10-16-12-20(18-9-8-17(21)11-15(18)3)23(7)13-19(16)22(4,5)6/h8-9,11-14H,10H2,1-7H3/q+1. The third kappa shape index (κ3) is 4.23. The third-order valence-electron chi connectivity index (χ3n) is 4.26. The fraction of sp³-hybridized carbons (Fsp3) is 0.450. The van der Waals surface area contributed by atoms with Crippen molar-refractivity contribution >= 4 is 17.7 Å². The van der Waals surface area contributed by atoms with Crippen molar-refractivity contribution in [3.05, 3.63) is 47.4 Å². The van der Waals surface area contributed by atoms with Gasteiger partial charge in [-0.15, -0.1) is 0 Å². The molecule has 0 aliphatic heterocycles. The molecule has 1 aromatic carbocycles. The molecule has 3 heteroatoms. The second-order valence-electron chi connectivity index (χ2n) is 8.02. The molecular formula is C20H29FGeN+. The molecule has 2 aromatic rings. The first-order valence-corrected chi connectivity index (χ1v) is 15.7. The first-order chi connectivity index (χ1) is 10.6. The molecule has 0 fully saturated rings. The van der Waals surface area contributed by atoms with E-state index in [4.69, 9.17) is 0 Å². The van der Waals surface area contributed by atoms with Crippen LogP contribution in [0.2, 0.25) is 17.3 Å². The average molecular weight is 375 g/mol. The minimum absolute atomic E-state index is 0.169. The van der Waals surface area contributed by atoms with Crippen LogP contribution in [0.1, 0.15) is 25.0 Å². The number of benzene rings is 1. The Morgan fingerprint density at radius 2 is 1.78 bits per heavy atom. The molecule has 0 N–H and O–H groups in total. The number of pyridine rings is 1. The summed E-state index contributed by atoms with van der Waals surface area (Å²) in [5, 5.41) is 0. The van der Waals surface area contributed by atoms with E-state index in [1.807, 2.05) is 13.0 Å². The predicted molar refractivity (Wildman–Crippen MR) is 99.3 cm³/mol. The summed E-state index contributed by atoms with van der Waals surface area (Å²) in [4.78, 5) is 0. The number of hydrogen-bond donors (Lipinski definition) is 0. The van der Waals surface area contributed by atoms with Gasteiger partial charge in [-0.3, -0.25) is 0 Å². The Balaban J connectivity index is 2.66. The molecule has 1 aromatic heterocycles. The Hall–Kier alpha value is -1.16. The average Bonchev–Trinajstić information content (AvgIpc) is 2.39. The van der Waals surface area contributed by atoms with Crippen LogP contribution >= 0.6 is 0 Å². The van der Waals surface area contributed by atoms with Gasteiger partial charge in [0.05, 0.1) is 0 Å². The van der Waals surface area contributed by atoms with Crippen LogP contribution in [0.25, 0.3) is 11.3 Å². The van der Waals surface area contributed by atoms with Crippen LogP contribution in [-0.2, 0) is 13.5 Å². The van der Waals surface area contributed by atoms with Crippen LogP contribution in [0.3, 0.4) is 0 Å². The number of hydrogen-bond acceptors (Lipinski definition) is 0. The Labute approximate surface area is 142 Å². The van der Waals surface area contributed by atoms with Crippen LogP contribution in [-0.4, -0.2) is 13.3 Å². The van der Waals surface area contributed by atoms with Crippen LogP contribution in [0.15, 0.2) is 30.5 Å². The molecule has 0 aliphatic rings. The number of rotatable bonds is 4. The zero-order chi connectivity index (χ0) is 17.4. The maximum absolute atomic E-state index is 13.4. The van der Waals surface area contributed by atoms with Crippen molar-refractivity contribution < 1.29 is 8.96 Å². The maximum atomic E-state index is 13.4. The number of aryl methyl sites for hydroxylation is 2. The van der Waals surface area contributed by atoms with Crippen LogP contribution in [0.5, 0.6) is 0 Å². The molecule has 0 radical (unpaired) electrons. The summed E-state index contributed by atoms with van der Waals surface area (Å²) in [6, 6.07) is 7.41. The molecule has 0 saturated carbocycles. The Morgan fingerprint density at radius 3 is 2.30 bits per heavy atom. The molecule has 0 amide bonds. The molecule has 1 heterocycles. The Kier molecular flexibility index (Phi) is 5.34. The zero-order valence-electron chi connectivity index (χ0n) is 15.5. The molecule has 2 rings (SSSR count). The van der Waals surface area contributed by atoms with E-state index < -0.39 is 13.3 Å². The van der Waals surface area contributed by atoms with Crippen LogP contribution < -0.4 is 8.96 Å². The summed E-state index contributed by atoms with van der Waals surface area (Å²) >= 11 is -1.93. The van der Waals surface area contributed by atoms with E-state index in [0.29, 0.717) is 5.92 Å². The first kappa shape index (κ1) is 18.2. The van der Waals surface area contributed by atoms with Gasteiger partial charge >= 0.3 is 143 Å². The van der Waals surface area contributed by atoms with Gasteiger partial charge in [-0.2, -0.15) is 0 Å². The van der Waals surface area contributed by atoms with Gasteiger partial charge in [-0.25, -0.2) is 0 Å². The van der Waals surface area contributed by atoms with Crippen molar-refractivity contribution in [1.29, 1.82) is 0 Å². The van der Waals surface area contributed by atoms with Crippen molar-refractivity contribution in [1.82, 2.24) is 0 Å². The molecule has 1 nitrogen and oxygen atoms in total. The molecule has 0 atom stereocenters. The monoisotopic (exact) mass is 376 g/mol. The van der Waals surface area contributed by atoms with E-state index in [2.05, 4.69) is 55.0 Å². The fourth-order valence-electron chi connectivity index (χ4n) is 3.16. The summed E-state index contributed by atoms with van der Waals surface area (Å²) in [7, 11) is 2.11. The van der Waals surface area contributed by atoms with E-state index >= 15 is 0 Å². The van der Waals surface area contributed by atoms with Crippen LogP contribution in [0.4, 0.5) is 4.39 Å². The van der Waals surface area contributed by atoms with E-state index in [9.17, 15) is 4.39 Å². The molecule has 0 unspecified atom stereocenters. The molecule has 124 valence electrons. The van der Waals surface area contributed by atoms with Gasteiger partial charge in [0.1, 0.15) is 0 Å². The Bertz CT molecular complexity index is 714. The van der Waals surface area contributed by atoms with Crippen LogP contribution in [0, 0.1) is 18.7 Å². The SMILES string of the molecule is Cc1cc(F)ccc1-c1cc(CC(C)C)[c]([Ge]([CH3])([CH3])[CH3])c[n+]1C. The second kappa shape index (κ2) is 6.76. The van der Waals surface area contributed by atoms with Crippen molar-refractivity contribution in [3.63, 3.8) is 0 Å².